The van der Waals surface area contributed by atoms with Crippen LogP contribution in [0.25, 0.3) is 0 Å². The third-order valence-corrected chi connectivity index (χ3v) is 13.1. The Balaban J connectivity index is 1.06. The van der Waals surface area contributed by atoms with Gasteiger partial charge in [0.25, 0.3) is 11.8 Å². The molecule has 2 atom stereocenters. The molecule has 0 bridgehead atoms. The van der Waals surface area contributed by atoms with E-state index in [4.69, 9.17) is 0 Å². The lowest BCUT2D eigenvalue weighted by Gasteiger charge is -2.42. The molecule has 0 aliphatic carbocycles. The molecule has 362 valence electrons. The fraction of sp³-hybridized carbons (Fsp3) is 0.333. The van der Waals surface area contributed by atoms with Crippen LogP contribution in [0, 0.1) is 22.7 Å². The van der Waals surface area contributed by atoms with Gasteiger partial charge in [-0.25, -0.2) is 9.59 Å². The van der Waals surface area contributed by atoms with E-state index in [1.54, 1.807) is 62.4 Å². The van der Waals surface area contributed by atoms with Crippen LogP contribution in [0.4, 0.5) is 47.3 Å². The van der Waals surface area contributed by atoms with Gasteiger partial charge in [-0.15, -0.1) is 0 Å². The van der Waals surface area contributed by atoms with Gasteiger partial charge in [0.2, 0.25) is 0 Å². The van der Waals surface area contributed by atoms with Crippen molar-refractivity contribution in [2.45, 2.75) is 51.1 Å². The molecule has 4 aromatic rings. The van der Waals surface area contributed by atoms with E-state index in [9.17, 15) is 56.0 Å². The third-order valence-electron chi connectivity index (χ3n) is 13.1. The summed E-state index contributed by atoms with van der Waals surface area (Å²) in [6.07, 6.45) is -8.78. The lowest BCUT2D eigenvalue weighted by molar-refractivity contribution is -0.138. The SMILES string of the molecule is CCN1CC2=C(C1=O)[C@@H](c1ccc(C#N)cc1)N(CCCN(C)CCCN1C(=O)N(c3cccc(C(F)(F)F)c3)C3=C(C(=O)N(CC)C3)[C@H]1c1ccc(C#N)cc1)C(=O)N2c1cccc(C(F)(F)F)c1. The number of benzene rings is 4. The summed E-state index contributed by atoms with van der Waals surface area (Å²) in [6, 6.07) is 22.6. The highest BCUT2D eigenvalue weighted by atomic mass is 19.4. The molecule has 0 saturated carbocycles. The zero-order valence-electron chi connectivity index (χ0n) is 38.4. The van der Waals surface area contributed by atoms with Gasteiger partial charge in [-0.05, 0) is 119 Å². The fourth-order valence-corrected chi connectivity index (χ4v) is 9.66. The minimum absolute atomic E-state index is 0.0110. The Morgan fingerprint density at radius 3 is 1.29 bits per heavy atom. The maximum Gasteiger partial charge on any atom is 0.416 e. The van der Waals surface area contributed by atoms with Crippen molar-refractivity contribution in [3.63, 3.8) is 0 Å². The summed E-state index contributed by atoms with van der Waals surface area (Å²) in [5.74, 6) is -0.748. The first-order chi connectivity index (χ1) is 33.4. The molecular weight excluding hydrogens is 917 g/mol. The Labute approximate surface area is 400 Å². The van der Waals surface area contributed by atoms with Crippen LogP contribution in [0.2, 0.25) is 0 Å². The van der Waals surface area contributed by atoms with Crippen LogP contribution < -0.4 is 9.80 Å². The molecule has 6 amide bonds. The standard InChI is InChI=1S/C51H47F6N9O4/c1-4-61-30-40-42(46(61)67)44(34-18-14-32(28-58)15-19-34)63(48(69)65(40)38-12-6-10-36(26-38)50(52,53)54)24-8-22-60(3)23-9-25-64-45(35-20-16-33(29-59)17-21-35)43-41(31-62(5-2)47(43)68)66(49(64)70)39-13-7-11-37(27-39)51(55,56)57/h6-7,10-21,26-27,44-45H,4-5,8-9,22-25,30-31H2,1-3H3/t44-,45-/m1/s1. The van der Waals surface area contributed by atoms with Crippen LogP contribution in [0.5, 0.6) is 0 Å². The molecule has 4 aromatic carbocycles. The van der Waals surface area contributed by atoms with E-state index in [1.165, 1.54) is 53.7 Å². The number of carbonyl (C=O) groups is 4. The highest BCUT2D eigenvalue weighted by Crippen LogP contribution is 2.46. The van der Waals surface area contributed by atoms with E-state index in [2.05, 4.69) is 12.1 Å². The average molecular weight is 964 g/mol. The summed E-state index contributed by atoms with van der Waals surface area (Å²) in [7, 11) is 1.82. The molecule has 0 spiro atoms. The van der Waals surface area contributed by atoms with E-state index < -0.39 is 47.6 Å². The second-order valence-corrected chi connectivity index (χ2v) is 17.4. The largest absolute Gasteiger partial charge is 0.416 e. The van der Waals surface area contributed by atoms with Crippen LogP contribution in [-0.4, -0.2) is 108 Å². The number of carbonyl (C=O) groups excluding carboxylic acids is 4. The third kappa shape index (κ3) is 9.16. The highest BCUT2D eigenvalue weighted by molar-refractivity contribution is 6.08. The molecule has 0 unspecified atom stereocenters. The molecule has 0 N–H and O–H groups in total. The van der Waals surface area contributed by atoms with Crippen molar-refractivity contribution in [1.82, 2.24) is 24.5 Å². The molecule has 0 saturated heterocycles. The lowest BCUT2D eigenvalue weighted by atomic mass is 9.92. The van der Waals surface area contributed by atoms with Crippen molar-refractivity contribution in [3.8, 4) is 12.1 Å². The van der Waals surface area contributed by atoms with Gasteiger partial charge in [0.15, 0.2) is 0 Å². The Morgan fingerprint density at radius 2 is 0.957 bits per heavy atom. The van der Waals surface area contributed by atoms with Crippen molar-refractivity contribution < 1.29 is 45.5 Å². The summed E-state index contributed by atoms with van der Waals surface area (Å²) in [6.45, 7) is 4.86. The van der Waals surface area contributed by atoms with Crippen molar-refractivity contribution in [1.29, 1.82) is 10.5 Å². The van der Waals surface area contributed by atoms with Gasteiger partial charge in [0.05, 0.1) is 93.5 Å². The van der Waals surface area contributed by atoms with Crippen molar-refractivity contribution in [2.75, 3.05) is 69.2 Å². The van der Waals surface area contributed by atoms with Crippen LogP contribution in [0.1, 0.15) is 72.2 Å². The van der Waals surface area contributed by atoms with Crippen molar-refractivity contribution >= 4 is 35.3 Å². The summed E-state index contributed by atoms with van der Waals surface area (Å²) in [4.78, 5) is 68.2. The quantitative estimate of drug-likeness (QED) is 0.115. The zero-order valence-corrected chi connectivity index (χ0v) is 38.4. The number of nitriles is 2. The number of amides is 6. The minimum atomic E-state index is -4.71. The number of nitrogens with zero attached hydrogens (tertiary/aromatic N) is 9. The highest BCUT2D eigenvalue weighted by Gasteiger charge is 2.50. The average Bonchev–Trinajstić information content (AvgIpc) is 3.85. The Kier molecular flexibility index (Phi) is 13.5. The van der Waals surface area contributed by atoms with E-state index in [1.807, 2.05) is 11.9 Å². The molecule has 4 aliphatic rings. The monoisotopic (exact) mass is 963 g/mol. The van der Waals surface area contributed by atoms with E-state index in [0.717, 1.165) is 24.3 Å². The number of halogens is 6. The van der Waals surface area contributed by atoms with Gasteiger partial charge in [0.1, 0.15) is 0 Å². The van der Waals surface area contributed by atoms with Crippen LogP contribution in [0.15, 0.2) is 120 Å². The van der Waals surface area contributed by atoms with Gasteiger partial charge in [0, 0.05) is 26.2 Å². The number of urea groups is 2. The summed E-state index contributed by atoms with van der Waals surface area (Å²) < 4.78 is 84.1. The van der Waals surface area contributed by atoms with E-state index in [-0.39, 0.29) is 85.0 Å². The van der Waals surface area contributed by atoms with Crippen LogP contribution >= 0.6 is 0 Å². The van der Waals surface area contributed by atoms with E-state index >= 15 is 0 Å². The second kappa shape index (κ2) is 19.4. The second-order valence-electron chi connectivity index (χ2n) is 17.4. The van der Waals surface area contributed by atoms with Gasteiger partial charge < -0.3 is 24.5 Å². The van der Waals surface area contributed by atoms with Crippen molar-refractivity contribution in [3.05, 3.63) is 153 Å². The van der Waals surface area contributed by atoms with Gasteiger partial charge in [-0.2, -0.15) is 36.9 Å². The number of likely N-dealkylation sites (N-methyl/N-ethyl adjacent to an activating group) is 2. The van der Waals surface area contributed by atoms with Gasteiger partial charge in [-0.1, -0.05) is 36.4 Å². The predicted octanol–water partition coefficient (Wildman–Crippen LogP) is 9.08. The normalized spacial score (nSPS) is 18.6. The van der Waals surface area contributed by atoms with Crippen molar-refractivity contribution in [2.24, 2.45) is 0 Å². The molecule has 4 heterocycles. The van der Waals surface area contributed by atoms with E-state index in [0.29, 0.717) is 48.2 Å². The van der Waals surface area contributed by atoms with Gasteiger partial charge >= 0.3 is 24.4 Å². The summed E-state index contributed by atoms with van der Waals surface area (Å²) in [5.41, 5.74) is 0.724. The number of anilines is 2. The smallest absolute Gasteiger partial charge is 0.333 e. The van der Waals surface area contributed by atoms with Gasteiger partial charge in [-0.3, -0.25) is 19.4 Å². The minimum Gasteiger partial charge on any atom is -0.333 e. The first kappa shape index (κ1) is 48.8. The Hall–Kier alpha value is -7.64. The number of hydrogen-bond acceptors (Lipinski definition) is 7. The fourth-order valence-electron chi connectivity index (χ4n) is 9.66. The number of hydrogen-bond donors (Lipinski definition) is 0. The zero-order chi connectivity index (χ0) is 50.2. The molecule has 4 aliphatic heterocycles. The Bertz CT molecular complexity index is 2670. The first-order valence-corrected chi connectivity index (χ1v) is 22.7. The number of rotatable bonds is 14. The molecular formula is C51H47F6N9O4. The molecule has 70 heavy (non-hydrogen) atoms. The molecule has 8 rings (SSSR count). The summed E-state index contributed by atoms with van der Waals surface area (Å²) in [5, 5.41) is 19.1. The maximum absolute atomic E-state index is 14.8. The maximum atomic E-state index is 14.8. The Morgan fingerprint density at radius 1 is 0.586 bits per heavy atom. The molecule has 0 radical (unpaired) electrons. The molecule has 0 fully saturated rings. The predicted molar refractivity (Wildman–Crippen MR) is 245 cm³/mol. The first-order valence-electron chi connectivity index (χ1n) is 22.7. The topological polar surface area (TPSA) is 139 Å². The summed E-state index contributed by atoms with van der Waals surface area (Å²) >= 11 is 0. The molecule has 19 heteroatoms. The number of alkyl halides is 6. The van der Waals surface area contributed by atoms with Crippen LogP contribution in [-0.2, 0) is 21.9 Å². The lowest BCUT2D eigenvalue weighted by Crippen LogP contribution is -2.51. The molecule has 0 aromatic heterocycles. The van der Waals surface area contributed by atoms with Crippen LogP contribution in [0.3, 0.4) is 0 Å². The molecule has 13 nitrogen and oxygen atoms in total.